The molecule has 1 heterocycles. The molecule has 0 aliphatic carbocycles. The van der Waals surface area contributed by atoms with Crippen molar-refractivity contribution in [2.45, 2.75) is 19.8 Å². The standard InChI is InChI=1S/C13H17N3O3/c1-2-6-14-12(17)15-7-5-9-3-4-11-10(8-9)16-13(18)19-11/h3-4,8H,2,5-7H2,1H3,(H,16,18)(H2,14,15,17). The second kappa shape index (κ2) is 6.08. The van der Waals surface area contributed by atoms with Gasteiger partial charge in [-0.1, -0.05) is 13.0 Å². The number of nitrogens with one attached hydrogen (secondary N) is 3. The molecule has 0 fully saturated rings. The smallest absolute Gasteiger partial charge is 0.408 e. The van der Waals surface area contributed by atoms with Crippen molar-refractivity contribution in [2.75, 3.05) is 13.1 Å². The molecule has 3 N–H and O–H groups in total. The van der Waals surface area contributed by atoms with Gasteiger partial charge in [-0.25, -0.2) is 9.59 Å². The molecule has 6 heteroatoms. The van der Waals surface area contributed by atoms with E-state index < -0.39 is 5.76 Å². The van der Waals surface area contributed by atoms with Crippen LogP contribution < -0.4 is 16.4 Å². The van der Waals surface area contributed by atoms with E-state index in [0.717, 1.165) is 12.0 Å². The number of aromatic amines is 1. The quantitative estimate of drug-likeness (QED) is 0.761. The van der Waals surface area contributed by atoms with Crippen molar-refractivity contribution in [1.82, 2.24) is 15.6 Å². The summed E-state index contributed by atoms with van der Waals surface area (Å²) < 4.78 is 4.92. The Morgan fingerprint density at radius 2 is 2.11 bits per heavy atom. The number of benzene rings is 1. The Hall–Kier alpha value is -2.24. The fourth-order valence-corrected chi connectivity index (χ4v) is 1.78. The molecule has 0 unspecified atom stereocenters. The summed E-state index contributed by atoms with van der Waals surface area (Å²) in [6.07, 6.45) is 1.61. The van der Waals surface area contributed by atoms with Crippen molar-refractivity contribution in [1.29, 1.82) is 0 Å². The molecule has 0 atom stereocenters. The highest BCUT2D eigenvalue weighted by Crippen LogP contribution is 2.12. The van der Waals surface area contributed by atoms with E-state index >= 15 is 0 Å². The molecule has 1 aromatic carbocycles. The summed E-state index contributed by atoms with van der Waals surface area (Å²) in [5.41, 5.74) is 2.25. The van der Waals surface area contributed by atoms with E-state index in [9.17, 15) is 9.59 Å². The van der Waals surface area contributed by atoms with Gasteiger partial charge in [0.15, 0.2) is 5.58 Å². The number of hydrogen-bond donors (Lipinski definition) is 3. The monoisotopic (exact) mass is 263 g/mol. The van der Waals surface area contributed by atoms with E-state index in [-0.39, 0.29) is 6.03 Å². The van der Waals surface area contributed by atoms with Crippen molar-refractivity contribution in [3.63, 3.8) is 0 Å². The number of fused-ring (bicyclic) bond motifs is 1. The number of urea groups is 1. The summed E-state index contributed by atoms with van der Waals surface area (Å²) in [6, 6.07) is 5.33. The SMILES string of the molecule is CCCNC(=O)NCCc1ccc2oc(=O)[nH]c2c1. The average molecular weight is 263 g/mol. The number of H-pyrrole nitrogens is 1. The molecule has 2 aromatic rings. The first-order valence-electron chi connectivity index (χ1n) is 6.32. The predicted molar refractivity (Wildman–Crippen MR) is 72.2 cm³/mol. The lowest BCUT2D eigenvalue weighted by molar-refractivity contribution is 0.241. The second-order valence-corrected chi connectivity index (χ2v) is 4.28. The Balaban J connectivity index is 1.87. The van der Waals surface area contributed by atoms with Gasteiger partial charge in [-0.2, -0.15) is 0 Å². The van der Waals surface area contributed by atoms with Crippen LogP contribution in [0.15, 0.2) is 27.4 Å². The highest BCUT2D eigenvalue weighted by atomic mass is 16.4. The van der Waals surface area contributed by atoms with Gasteiger partial charge in [-0.15, -0.1) is 0 Å². The van der Waals surface area contributed by atoms with Crippen molar-refractivity contribution < 1.29 is 9.21 Å². The van der Waals surface area contributed by atoms with Gasteiger partial charge in [0.2, 0.25) is 0 Å². The number of carbonyl (C=O) groups excluding carboxylic acids is 1. The maximum absolute atomic E-state index is 11.3. The first-order valence-corrected chi connectivity index (χ1v) is 6.32. The third-order valence-electron chi connectivity index (χ3n) is 2.72. The van der Waals surface area contributed by atoms with E-state index in [1.54, 1.807) is 6.07 Å². The fraction of sp³-hybridized carbons (Fsp3) is 0.385. The Morgan fingerprint density at radius 1 is 1.32 bits per heavy atom. The zero-order valence-electron chi connectivity index (χ0n) is 10.8. The minimum Gasteiger partial charge on any atom is -0.408 e. The van der Waals surface area contributed by atoms with Gasteiger partial charge >= 0.3 is 11.8 Å². The zero-order valence-corrected chi connectivity index (χ0v) is 10.8. The van der Waals surface area contributed by atoms with Gasteiger partial charge in [0.1, 0.15) is 0 Å². The summed E-state index contributed by atoms with van der Waals surface area (Å²) >= 11 is 0. The number of hydrogen-bond acceptors (Lipinski definition) is 3. The van der Waals surface area contributed by atoms with Gasteiger partial charge < -0.3 is 15.1 Å². The third-order valence-corrected chi connectivity index (χ3v) is 2.72. The van der Waals surface area contributed by atoms with Crippen LogP contribution in [-0.2, 0) is 6.42 Å². The van der Waals surface area contributed by atoms with Crippen LogP contribution in [0, 0.1) is 0 Å². The zero-order chi connectivity index (χ0) is 13.7. The van der Waals surface area contributed by atoms with Crippen LogP contribution in [0.2, 0.25) is 0 Å². The lowest BCUT2D eigenvalue weighted by atomic mass is 10.1. The van der Waals surface area contributed by atoms with Crippen LogP contribution in [0.5, 0.6) is 0 Å². The van der Waals surface area contributed by atoms with Crippen molar-refractivity contribution in [2.24, 2.45) is 0 Å². The number of carbonyl (C=O) groups is 1. The minimum absolute atomic E-state index is 0.153. The van der Waals surface area contributed by atoms with Crippen LogP contribution in [0.4, 0.5) is 4.79 Å². The molecule has 19 heavy (non-hydrogen) atoms. The first kappa shape index (κ1) is 13.2. The maximum Gasteiger partial charge on any atom is 0.417 e. The van der Waals surface area contributed by atoms with Crippen LogP contribution in [0.25, 0.3) is 11.1 Å². The van der Waals surface area contributed by atoms with E-state index in [1.165, 1.54) is 0 Å². The van der Waals surface area contributed by atoms with Crippen LogP contribution >= 0.6 is 0 Å². The number of aromatic nitrogens is 1. The molecule has 0 spiro atoms. The molecule has 0 bridgehead atoms. The fourth-order valence-electron chi connectivity index (χ4n) is 1.78. The highest BCUT2D eigenvalue weighted by molar-refractivity contribution is 5.74. The Labute approximate surface area is 110 Å². The first-order chi connectivity index (χ1) is 9.19. The van der Waals surface area contributed by atoms with E-state index in [1.807, 2.05) is 19.1 Å². The summed E-state index contributed by atoms with van der Waals surface area (Å²) in [5, 5.41) is 5.51. The van der Waals surface area contributed by atoms with Crippen LogP contribution in [-0.4, -0.2) is 24.1 Å². The molecule has 0 saturated carbocycles. The average Bonchev–Trinajstić information content (AvgIpc) is 2.75. The molecular formula is C13H17N3O3. The Morgan fingerprint density at radius 3 is 2.89 bits per heavy atom. The second-order valence-electron chi connectivity index (χ2n) is 4.28. The minimum atomic E-state index is -0.454. The molecule has 102 valence electrons. The van der Waals surface area contributed by atoms with Crippen molar-refractivity contribution in [3.8, 4) is 0 Å². The Bertz CT molecular complexity index is 615. The van der Waals surface area contributed by atoms with Crippen molar-refractivity contribution in [3.05, 3.63) is 34.3 Å². The van der Waals surface area contributed by atoms with E-state index in [0.29, 0.717) is 30.6 Å². The molecule has 1 aromatic heterocycles. The Kier molecular flexibility index (Phi) is 4.22. The van der Waals surface area contributed by atoms with Crippen molar-refractivity contribution >= 4 is 17.1 Å². The summed E-state index contributed by atoms with van der Waals surface area (Å²) in [7, 11) is 0. The van der Waals surface area contributed by atoms with Gasteiger partial charge in [0.05, 0.1) is 5.52 Å². The van der Waals surface area contributed by atoms with Crippen LogP contribution in [0.1, 0.15) is 18.9 Å². The summed E-state index contributed by atoms with van der Waals surface area (Å²) in [5.74, 6) is -0.454. The molecule has 0 radical (unpaired) electrons. The molecule has 0 aliphatic rings. The topological polar surface area (TPSA) is 87.1 Å². The van der Waals surface area contributed by atoms with E-state index in [2.05, 4.69) is 15.6 Å². The van der Waals surface area contributed by atoms with Gasteiger partial charge in [0.25, 0.3) is 0 Å². The predicted octanol–water partition coefficient (Wildman–Crippen LogP) is 1.37. The highest BCUT2D eigenvalue weighted by Gasteiger charge is 2.03. The molecule has 2 amide bonds. The molecule has 0 aliphatic heterocycles. The maximum atomic E-state index is 11.3. The number of oxazole rings is 1. The number of rotatable bonds is 5. The summed E-state index contributed by atoms with van der Waals surface area (Å²) in [6.45, 7) is 3.22. The van der Waals surface area contributed by atoms with Gasteiger partial charge in [-0.05, 0) is 30.5 Å². The van der Waals surface area contributed by atoms with Gasteiger partial charge in [0, 0.05) is 13.1 Å². The van der Waals surface area contributed by atoms with Crippen LogP contribution in [0.3, 0.4) is 0 Å². The normalized spacial score (nSPS) is 10.6. The number of amides is 2. The molecule has 0 saturated heterocycles. The molecular weight excluding hydrogens is 246 g/mol. The lowest BCUT2D eigenvalue weighted by Gasteiger charge is -2.06. The largest absolute Gasteiger partial charge is 0.417 e. The van der Waals surface area contributed by atoms with Gasteiger partial charge in [-0.3, -0.25) is 4.98 Å². The lowest BCUT2D eigenvalue weighted by Crippen LogP contribution is -2.36. The summed E-state index contributed by atoms with van der Waals surface area (Å²) in [4.78, 5) is 24.9. The molecule has 6 nitrogen and oxygen atoms in total. The molecule has 2 rings (SSSR count). The third kappa shape index (κ3) is 3.61. The van der Waals surface area contributed by atoms with E-state index in [4.69, 9.17) is 4.42 Å².